The van der Waals surface area contributed by atoms with Gasteiger partial charge in [-0.05, 0) is 64.8 Å². The second-order valence-corrected chi connectivity index (χ2v) is 8.01. The summed E-state index contributed by atoms with van der Waals surface area (Å²) in [5.41, 5.74) is 4.19. The van der Waals surface area contributed by atoms with Gasteiger partial charge in [0.05, 0.1) is 17.7 Å². The number of methoxy groups -OCH3 is 1. The first-order valence-electron chi connectivity index (χ1n) is 8.33. The van der Waals surface area contributed by atoms with Crippen LogP contribution in [0.4, 0.5) is 0 Å². The van der Waals surface area contributed by atoms with Crippen molar-refractivity contribution in [3.63, 3.8) is 0 Å². The zero-order chi connectivity index (χ0) is 18.9. The van der Waals surface area contributed by atoms with Crippen LogP contribution in [0, 0.1) is 27.7 Å². The van der Waals surface area contributed by atoms with Crippen LogP contribution in [-0.4, -0.2) is 25.3 Å². The van der Waals surface area contributed by atoms with Crippen LogP contribution in [0.1, 0.15) is 48.0 Å². The van der Waals surface area contributed by atoms with Crippen LogP contribution in [0.2, 0.25) is 0 Å². The third kappa shape index (κ3) is 3.72. The van der Waals surface area contributed by atoms with E-state index in [-0.39, 0.29) is 10.9 Å². The van der Waals surface area contributed by atoms with Gasteiger partial charge in [-0.15, -0.1) is 0 Å². The van der Waals surface area contributed by atoms with E-state index < -0.39 is 10.0 Å². The van der Waals surface area contributed by atoms with Crippen molar-refractivity contribution in [1.82, 2.24) is 14.5 Å². The van der Waals surface area contributed by atoms with Crippen molar-refractivity contribution in [3.05, 3.63) is 40.2 Å². The first-order valence-corrected chi connectivity index (χ1v) is 9.82. The highest BCUT2D eigenvalue weighted by Crippen LogP contribution is 2.28. The average Bonchev–Trinajstić information content (AvgIpc) is 2.82. The average molecular weight is 365 g/mol. The third-order valence-corrected chi connectivity index (χ3v) is 6.17. The lowest BCUT2D eigenvalue weighted by molar-refractivity contribution is 0.411. The summed E-state index contributed by atoms with van der Waals surface area (Å²) in [6.45, 7) is 12.1. The number of benzene rings is 1. The molecule has 0 aliphatic carbocycles. The van der Waals surface area contributed by atoms with Crippen LogP contribution >= 0.6 is 0 Å². The molecule has 0 aliphatic heterocycles. The van der Waals surface area contributed by atoms with E-state index in [1.807, 2.05) is 39.3 Å². The van der Waals surface area contributed by atoms with Gasteiger partial charge < -0.3 is 4.74 Å². The van der Waals surface area contributed by atoms with Gasteiger partial charge in [0.15, 0.2) is 0 Å². The van der Waals surface area contributed by atoms with E-state index in [9.17, 15) is 8.42 Å². The number of hydrogen-bond acceptors (Lipinski definition) is 4. The molecule has 0 spiro atoms. The number of ether oxygens (including phenoxy) is 1. The van der Waals surface area contributed by atoms with Gasteiger partial charge in [-0.1, -0.05) is 0 Å². The number of nitrogens with one attached hydrogen (secondary N) is 1. The summed E-state index contributed by atoms with van der Waals surface area (Å²) in [5.74, 6) is 0.681. The normalized spacial score (nSPS) is 13.1. The van der Waals surface area contributed by atoms with E-state index in [4.69, 9.17) is 4.74 Å². The molecule has 0 aliphatic rings. The Morgan fingerprint density at radius 2 is 1.84 bits per heavy atom. The molecule has 1 aromatic carbocycles. The molecule has 0 saturated carbocycles. The molecular weight excluding hydrogens is 338 g/mol. The zero-order valence-corrected chi connectivity index (χ0v) is 16.8. The monoisotopic (exact) mass is 365 g/mol. The number of rotatable bonds is 6. The molecule has 0 amide bonds. The molecule has 7 heteroatoms. The lowest BCUT2D eigenvalue weighted by Gasteiger charge is -2.17. The second kappa shape index (κ2) is 7.17. The topological polar surface area (TPSA) is 73.2 Å². The molecule has 25 heavy (non-hydrogen) atoms. The standard InChI is InChI=1S/C18H27N3O3S/c1-8-21-15(6)18(13(4)19-21)14(5)20-25(22,23)17-10-11(2)16(24-7)9-12(17)3/h9-10,14,20H,8H2,1-7H3/t14-/m0/s1. The van der Waals surface area contributed by atoms with E-state index >= 15 is 0 Å². The van der Waals surface area contributed by atoms with E-state index in [2.05, 4.69) is 9.82 Å². The van der Waals surface area contributed by atoms with E-state index in [0.29, 0.717) is 11.3 Å². The van der Waals surface area contributed by atoms with Gasteiger partial charge >= 0.3 is 0 Å². The first kappa shape index (κ1) is 19.5. The summed E-state index contributed by atoms with van der Waals surface area (Å²) in [6.07, 6.45) is 0. The zero-order valence-electron chi connectivity index (χ0n) is 16.0. The van der Waals surface area contributed by atoms with Crippen molar-refractivity contribution in [2.75, 3.05) is 7.11 Å². The van der Waals surface area contributed by atoms with E-state index in [1.165, 1.54) is 0 Å². The van der Waals surface area contributed by atoms with Gasteiger partial charge in [0.1, 0.15) is 5.75 Å². The summed E-state index contributed by atoms with van der Waals surface area (Å²) in [7, 11) is -2.08. The van der Waals surface area contributed by atoms with Crippen LogP contribution in [-0.2, 0) is 16.6 Å². The summed E-state index contributed by atoms with van der Waals surface area (Å²) in [6, 6.07) is 3.03. The Morgan fingerprint density at radius 3 is 2.36 bits per heavy atom. The summed E-state index contributed by atoms with van der Waals surface area (Å²) in [4.78, 5) is 0.274. The van der Waals surface area contributed by atoms with Gasteiger partial charge in [0.2, 0.25) is 10.0 Å². The number of hydrogen-bond donors (Lipinski definition) is 1. The fraction of sp³-hybridized carbons (Fsp3) is 0.500. The summed E-state index contributed by atoms with van der Waals surface area (Å²) >= 11 is 0. The third-order valence-electron chi connectivity index (χ3n) is 4.48. The van der Waals surface area contributed by atoms with Crippen molar-refractivity contribution in [2.24, 2.45) is 0 Å². The van der Waals surface area contributed by atoms with Crippen LogP contribution in [0.15, 0.2) is 17.0 Å². The first-order chi connectivity index (χ1) is 11.6. The second-order valence-electron chi connectivity index (χ2n) is 6.33. The highest BCUT2D eigenvalue weighted by molar-refractivity contribution is 7.89. The van der Waals surface area contributed by atoms with Crippen LogP contribution in [0.25, 0.3) is 0 Å². The molecule has 2 aromatic rings. The van der Waals surface area contributed by atoms with Gasteiger partial charge in [-0.25, -0.2) is 13.1 Å². The fourth-order valence-corrected chi connectivity index (χ4v) is 4.80. The molecule has 2 rings (SSSR count). The minimum Gasteiger partial charge on any atom is -0.496 e. The molecule has 0 unspecified atom stereocenters. The Bertz CT molecular complexity index is 885. The maximum atomic E-state index is 12.9. The minimum atomic E-state index is -3.66. The molecule has 1 atom stereocenters. The fourth-order valence-electron chi connectivity index (χ4n) is 3.27. The SMILES string of the molecule is CCn1nc(C)c([C@H](C)NS(=O)(=O)c2cc(C)c(OC)cc2C)c1C. The Balaban J connectivity index is 2.39. The minimum absolute atomic E-state index is 0.274. The van der Waals surface area contributed by atoms with Gasteiger partial charge in [0.25, 0.3) is 0 Å². The van der Waals surface area contributed by atoms with Crippen molar-refractivity contribution >= 4 is 10.0 Å². The van der Waals surface area contributed by atoms with Crippen LogP contribution in [0.3, 0.4) is 0 Å². The van der Waals surface area contributed by atoms with Gasteiger partial charge in [-0.3, -0.25) is 4.68 Å². The van der Waals surface area contributed by atoms with Crippen LogP contribution < -0.4 is 9.46 Å². The van der Waals surface area contributed by atoms with E-state index in [0.717, 1.165) is 29.1 Å². The number of aromatic nitrogens is 2. The van der Waals surface area contributed by atoms with Gasteiger partial charge in [-0.2, -0.15) is 5.10 Å². The summed E-state index contributed by atoms with van der Waals surface area (Å²) < 4.78 is 35.8. The number of aryl methyl sites for hydroxylation is 4. The van der Waals surface area contributed by atoms with E-state index in [1.54, 1.807) is 26.2 Å². The number of sulfonamides is 1. The lowest BCUT2D eigenvalue weighted by atomic mass is 10.1. The van der Waals surface area contributed by atoms with Crippen molar-refractivity contribution in [3.8, 4) is 5.75 Å². The smallest absolute Gasteiger partial charge is 0.241 e. The maximum Gasteiger partial charge on any atom is 0.241 e. The molecule has 0 saturated heterocycles. The Kier molecular flexibility index (Phi) is 5.58. The Labute approximate surface area is 150 Å². The molecule has 138 valence electrons. The predicted molar refractivity (Wildman–Crippen MR) is 98.6 cm³/mol. The van der Waals surface area contributed by atoms with Crippen molar-refractivity contribution < 1.29 is 13.2 Å². The molecule has 1 N–H and O–H groups in total. The molecule has 6 nitrogen and oxygen atoms in total. The largest absolute Gasteiger partial charge is 0.496 e. The molecule has 0 radical (unpaired) electrons. The molecule has 1 aromatic heterocycles. The number of nitrogens with zero attached hydrogens (tertiary/aromatic N) is 2. The Hall–Kier alpha value is -1.86. The van der Waals surface area contributed by atoms with Crippen molar-refractivity contribution in [2.45, 2.75) is 59.0 Å². The molecule has 0 bridgehead atoms. The summed E-state index contributed by atoms with van der Waals surface area (Å²) in [5, 5.41) is 4.47. The molecule has 0 fully saturated rings. The quantitative estimate of drug-likeness (QED) is 0.853. The maximum absolute atomic E-state index is 12.9. The highest BCUT2D eigenvalue weighted by atomic mass is 32.2. The molecular formula is C18H27N3O3S. The lowest BCUT2D eigenvalue weighted by Crippen LogP contribution is -2.28. The van der Waals surface area contributed by atoms with Crippen molar-refractivity contribution in [1.29, 1.82) is 0 Å². The van der Waals surface area contributed by atoms with Gasteiger partial charge in [0, 0.05) is 23.8 Å². The molecule has 1 heterocycles. The van der Waals surface area contributed by atoms with Crippen LogP contribution in [0.5, 0.6) is 5.75 Å². The highest BCUT2D eigenvalue weighted by Gasteiger charge is 2.25. The predicted octanol–water partition coefficient (Wildman–Crippen LogP) is 3.18. The Morgan fingerprint density at radius 1 is 1.20 bits per heavy atom.